The Labute approximate surface area is 98.4 Å². The molecule has 0 saturated heterocycles. The largest absolute Gasteiger partial charge is 0.469 e. The van der Waals surface area contributed by atoms with Crippen molar-refractivity contribution in [3.05, 3.63) is 24.3 Å². The van der Waals surface area contributed by atoms with Crippen LogP contribution in [0.3, 0.4) is 0 Å². The van der Waals surface area contributed by atoms with E-state index in [0.29, 0.717) is 0 Å². The molecule has 0 amide bonds. The molecule has 0 atom stereocenters. The highest BCUT2D eigenvalue weighted by molar-refractivity contribution is 7.91. The minimum atomic E-state index is -4.65. The summed E-state index contributed by atoms with van der Waals surface area (Å²) in [5, 5.41) is 0. The Morgan fingerprint density at radius 3 is 2.41 bits per heavy atom. The summed E-state index contributed by atoms with van der Waals surface area (Å²) < 4.78 is 37.9. The van der Waals surface area contributed by atoms with Crippen LogP contribution in [0.25, 0.3) is 0 Å². The van der Waals surface area contributed by atoms with E-state index >= 15 is 0 Å². The zero-order valence-electron chi connectivity index (χ0n) is 8.68. The molecule has 9 heteroatoms. The minimum absolute atomic E-state index is 0.0747. The monoisotopic (exact) mass is 281 g/mol. The fourth-order valence-electron chi connectivity index (χ4n) is 1.14. The number of phosphoric ester groups is 1. The van der Waals surface area contributed by atoms with Gasteiger partial charge in [-0.15, -0.1) is 0 Å². The summed E-state index contributed by atoms with van der Waals surface area (Å²) >= 11 is 0. The highest BCUT2D eigenvalue weighted by Crippen LogP contribution is 2.35. The van der Waals surface area contributed by atoms with Gasteiger partial charge in [-0.2, -0.15) is 0 Å². The van der Waals surface area contributed by atoms with E-state index in [-0.39, 0.29) is 10.6 Å². The molecule has 0 aliphatic rings. The molecular weight excluding hydrogens is 269 g/mol. The van der Waals surface area contributed by atoms with Crippen LogP contribution in [0.4, 0.5) is 5.69 Å². The van der Waals surface area contributed by atoms with E-state index < -0.39 is 30.0 Å². The van der Waals surface area contributed by atoms with E-state index in [0.717, 1.165) is 0 Å². The molecule has 96 valence electrons. The van der Waals surface area contributed by atoms with E-state index in [9.17, 15) is 13.0 Å². The van der Waals surface area contributed by atoms with E-state index in [1.54, 1.807) is 6.07 Å². The fraction of sp³-hybridized carbons (Fsp3) is 0.250. The Morgan fingerprint density at radius 2 is 1.88 bits per heavy atom. The molecule has 17 heavy (non-hydrogen) atoms. The topological polar surface area (TPSA) is 127 Å². The first-order valence-corrected chi connectivity index (χ1v) is 7.68. The third-order valence-corrected chi connectivity index (χ3v) is 4.13. The summed E-state index contributed by atoms with van der Waals surface area (Å²) in [4.78, 5) is 16.7. The smallest absolute Gasteiger partial charge is 0.398 e. The van der Waals surface area contributed by atoms with Crippen LogP contribution in [0.1, 0.15) is 0 Å². The van der Waals surface area contributed by atoms with Gasteiger partial charge in [0.15, 0.2) is 9.84 Å². The number of nitrogen functional groups attached to an aromatic ring is 1. The molecule has 0 aliphatic heterocycles. The maximum absolute atomic E-state index is 11.7. The molecule has 0 aromatic heterocycles. The second-order valence-corrected chi connectivity index (χ2v) is 6.50. The number of hydrogen-bond donors (Lipinski definition) is 3. The molecule has 0 radical (unpaired) electrons. The Balaban J connectivity index is 2.77. The van der Waals surface area contributed by atoms with E-state index in [1.807, 2.05) is 0 Å². The zero-order valence-corrected chi connectivity index (χ0v) is 10.4. The lowest BCUT2D eigenvalue weighted by Gasteiger charge is -2.08. The molecule has 1 aromatic carbocycles. The maximum atomic E-state index is 11.7. The van der Waals surface area contributed by atoms with Crippen LogP contribution >= 0.6 is 7.82 Å². The number of nitrogens with two attached hydrogens (primary N) is 1. The predicted octanol–water partition coefficient (Wildman–Crippen LogP) is 0.152. The number of hydrogen-bond acceptors (Lipinski definition) is 5. The van der Waals surface area contributed by atoms with Gasteiger partial charge in [-0.1, -0.05) is 12.1 Å². The molecule has 1 rings (SSSR count). The van der Waals surface area contributed by atoms with Crippen LogP contribution in [0, 0.1) is 0 Å². The molecule has 0 bridgehead atoms. The average Bonchev–Trinajstić information content (AvgIpc) is 2.15. The molecular formula is C8H12NO6PS. The molecule has 0 unspecified atom stereocenters. The number of anilines is 1. The van der Waals surface area contributed by atoms with Gasteiger partial charge in [0.25, 0.3) is 0 Å². The van der Waals surface area contributed by atoms with Gasteiger partial charge < -0.3 is 15.5 Å². The van der Waals surface area contributed by atoms with Crippen molar-refractivity contribution in [2.45, 2.75) is 4.90 Å². The Kier molecular flexibility index (Phi) is 4.29. The van der Waals surface area contributed by atoms with Crippen LogP contribution in [0.15, 0.2) is 29.2 Å². The summed E-state index contributed by atoms with van der Waals surface area (Å²) in [5.41, 5.74) is 5.58. The molecule has 0 saturated carbocycles. The lowest BCUT2D eigenvalue weighted by atomic mass is 10.3. The van der Waals surface area contributed by atoms with Crippen molar-refractivity contribution in [1.29, 1.82) is 0 Å². The zero-order chi connectivity index (χ0) is 13.1. The van der Waals surface area contributed by atoms with Crippen LogP contribution in [-0.2, 0) is 18.9 Å². The first-order chi connectivity index (χ1) is 7.72. The second-order valence-electron chi connectivity index (χ2n) is 3.18. The van der Waals surface area contributed by atoms with Crippen LogP contribution < -0.4 is 5.73 Å². The molecule has 4 N–H and O–H groups in total. The molecule has 0 aliphatic carbocycles. The summed E-state index contributed by atoms with van der Waals surface area (Å²) in [7, 11) is -8.36. The summed E-state index contributed by atoms with van der Waals surface area (Å²) in [6.07, 6.45) is 0. The average molecular weight is 281 g/mol. The van der Waals surface area contributed by atoms with Crippen molar-refractivity contribution < 1.29 is 27.3 Å². The summed E-state index contributed by atoms with van der Waals surface area (Å²) in [6.45, 7) is -0.596. The predicted molar refractivity (Wildman–Crippen MR) is 60.9 cm³/mol. The molecule has 7 nitrogen and oxygen atoms in total. The fourth-order valence-corrected chi connectivity index (χ4v) is 2.83. The lowest BCUT2D eigenvalue weighted by Crippen LogP contribution is -2.13. The van der Waals surface area contributed by atoms with Crippen LogP contribution in [-0.4, -0.2) is 30.6 Å². The van der Waals surface area contributed by atoms with Crippen molar-refractivity contribution in [2.24, 2.45) is 0 Å². The van der Waals surface area contributed by atoms with Gasteiger partial charge in [0, 0.05) is 0 Å². The van der Waals surface area contributed by atoms with Crippen LogP contribution in [0.2, 0.25) is 0 Å². The number of sulfone groups is 1. The second kappa shape index (κ2) is 5.16. The van der Waals surface area contributed by atoms with E-state index in [2.05, 4.69) is 4.52 Å². The molecule has 0 fully saturated rings. The SMILES string of the molecule is Nc1ccccc1S(=O)(=O)CCOP(=O)(O)O. The van der Waals surface area contributed by atoms with Crippen molar-refractivity contribution in [2.75, 3.05) is 18.1 Å². The van der Waals surface area contributed by atoms with Crippen LogP contribution in [0.5, 0.6) is 0 Å². The number of rotatable bonds is 5. The van der Waals surface area contributed by atoms with Gasteiger partial charge in [0.2, 0.25) is 0 Å². The van der Waals surface area contributed by atoms with Gasteiger partial charge in [0.1, 0.15) is 0 Å². The highest BCUT2D eigenvalue weighted by atomic mass is 32.2. The maximum Gasteiger partial charge on any atom is 0.469 e. The van der Waals surface area contributed by atoms with Gasteiger partial charge in [-0.3, -0.25) is 4.52 Å². The van der Waals surface area contributed by atoms with E-state index in [4.69, 9.17) is 15.5 Å². The Bertz CT molecular complexity index is 537. The van der Waals surface area contributed by atoms with Crippen molar-refractivity contribution in [3.63, 3.8) is 0 Å². The minimum Gasteiger partial charge on any atom is -0.398 e. The molecule has 1 aromatic rings. The van der Waals surface area contributed by atoms with Crippen molar-refractivity contribution >= 4 is 23.3 Å². The highest BCUT2D eigenvalue weighted by Gasteiger charge is 2.20. The van der Waals surface area contributed by atoms with Gasteiger partial charge in [-0.25, -0.2) is 13.0 Å². The first-order valence-electron chi connectivity index (χ1n) is 4.50. The number of phosphoric acid groups is 1. The van der Waals surface area contributed by atoms with Gasteiger partial charge >= 0.3 is 7.82 Å². The summed E-state index contributed by atoms with van der Waals surface area (Å²) in [6, 6.07) is 5.84. The first kappa shape index (κ1) is 14.1. The quantitative estimate of drug-likeness (QED) is 0.518. The Hall–Kier alpha value is -0.920. The van der Waals surface area contributed by atoms with Gasteiger partial charge in [-0.05, 0) is 12.1 Å². The standard InChI is InChI=1S/C8H12NO6PS/c9-7-3-1-2-4-8(7)17(13,14)6-5-15-16(10,11)12/h1-4H,5-6,9H2,(H2,10,11,12). The number of para-hydroxylation sites is 1. The van der Waals surface area contributed by atoms with Crippen molar-refractivity contribution in [1.82, 2.24) is 0 Å². The van der Waals surface area contributed by atoms with Gasteiger partial charge in [0.05, 0.1) is 22.9 Å². The molecule has 0 spiro atoms. The Morgan fingerprint density at radius 1 is 1.29 bits per heavy atom. The van der Waals surface area contributed by atoms with Crippen molar-refractivity contribution in [3.8, 4) is 0 Å². The molecule has 0 heterocycles. The van der Waals surface area contributed by atoms with E-state index in [1.165, 1.54) is 18.2 Å². The third kappa shape index (κ3) is 4.45. The third-order valence-electron chi connectivity index (χ3n) is 1.87. The summed E-state index contributed by atoms with van der Waals surface area (Å²) in [5.74, 6) is -0.549. The normalized spacial score (nSPS) is 12.6. The lowest BCUT2D eigenvalue weighted by molar-refractivity contribution is 0.207. The number of benzene rings is 1.